The van der Waals surface area contributed by atoms with Crippen molar-refractivity contribution in [3.05, 3.63) is 95.7 Å². The number of nitrogens with zero attached hydrogens (tertiary/aromatic N) is 1. The number of nitrogens with one attached hydrogen (secondary N) is 1. The largest absolute Gasteiger partial charge is 0.459 e. The number of allylic oxidation sites excluding steroid dienone is 1. The second-order valence-electron chi connectivity index (χ2n) is 7.41. The average Bonchev–Trinajstić information content (AvgIpc) is 3.42. The second-order valence-corrected chi connectivity index (χ2v) is 7.41. The van der Waals surface area contributed by atoms with Crippen molar-refractivity contribution < 1.29 is 23.5 Å². The first kappa shape index (κ1) is 22.8. The van der Waals surface area contributed by atoms with E-state index in [-0.39, 0.29) is 18.0 Å². The molecule has 166 valence electrons. The van der Waals surface area contributed by atoms with Crippen molar-refractivity contribution in [2.24, 2.45) is 0 Å². The first-order valence-electron chi connectivity index (χ1n) is 10.3. The summed E-state index contributed by atoms with van der Waals surface area (Å²) in [5.41, 5.74) is 3.05. The van der Waals surface area contributed by atoms with Crippen LogP contribution in [0.1, 0.15) is 37.9 Å². The fourth-order valence-corrected chi connectivity index (χ4v) is 3.49. The summed E-state index contributed by atoms with van der Waals surface area (Å²) in [7, 11) is 0. The van der Waals surface area contributed by atoms with Gasteiger partial charge >= 0.3 is 5.97 Å². The van der Waals surface area contributed by atoms with E-state index in [1.54, 1.807) is 18.2 Å². The van der Waals surface area contributed by atoms with Crippen LogP contribution in [-0.4, -0.2) is 34.9 Å². The number of aryl methyl sites for hydroxylation is 1. The number of hydrogen-bond acceptors (Lipinski definition) is 5. The Morgan fingerprint density at radius 2 is 1.91 bits per heavy atom. The van der Waals surface area contributed by atoms with Gasteiger partial charge in [0.25, 0.3) is 5.91 Å². The molecule has 7 nitrogen and oxygen atoms in total. The normalized spacial score (nSPS) is 11.6. The molecule has 0 aliphatic rings. The van der Waals surface area contributed by atoms with Gasteiger partial charge in [0.05, 0.1) is 6.26 Å². The molecule has 3 rings (SSSR count). The Hall–Kier alpha value is -3.87. The van der Waals surface area contributed by atoms with Crippen LogP contribution >= 0.6 is 0 Å². The van der Waals surface area contributed by atoms with E-state index >= 15 is 0 Å². The van der Waals surface area contributed by atoms with E-state index in [0.717, 1.165) is 17.0 Å². The molecule has 1 amide bonds. The molecule has 0 aliphatic carbocycles. The van der Waals surface area contributed by atoms with Crippen molar-refractivity contribution >= 4 is 17.7 Å². The maximum atomic E-state index is 12.8. The fourth-order valence-electron chi connectivity index (χ4n) is 3.49. The van der Waals surface area contributed by atoms with Crippen LogP contribution in [0.4, 0.5) is 0 Å². The lowest BCUT2D eigenvalue weighted by Gasteiger charge is -2.17. The smallest absolute Gasteiger partial charge is 0.329 e. The summed E-state index contributed by atoms with van der Waals surface area (Å²) in [6, 6.07) is 13.1. The Morgan fingerprint density at radius 3 is 2.56 bits per heavy atom. The van der Waals surface area contributed by atoms with Gasteiger partial charge in [-0.2, -0.15) is 0 Å². The minimum Gasteiger partial charge on any atom is -0.459 e. The van der Waals surface area contributed by atoms with Gasteiger partial charge in [-0.15, -0.1) is 6.58 Å². The van der Waals surface area contributed by atoms with E-state index < -0.39 is 24.5 Å². The van der Waals surface area contributed by atoms with Crippen LogP contribution in [0.3, 0.4) is 0 Å². The second kappa shape index (κ2) is 10.4. The third-order valence-electron chi connectivity index (χ3n) is 5.15. The number of rotatable bonds is 10. The van der Waals surface area contributed by atoms with E-state index in [0.29, 0.717) is 12.1 Å². The number of Topliss-reactive ketones (excluding diaryl/α,β-unsaturated/α-hetero) is 1. The Labute approximate surface area is 186 Å². The first-order chi connectivity index (χ1) is 15.4. The molecular weight excluding hydrogens is 408 g/mol. The van der Waals surface area contributed by atoms with Crippen molar-refractivity contribution in [2.75, 3.05) is 6.61 Å². The maximum absolute atomic E-state index is 12.8. The Kier molecular flexibility index (Phi) is 7.44. The zero-order chi connectivity index (χ0) is 23.1. The van der Waals surface area contributed by atoms with Gasteiger partial charge in [0.15, 0.2) is 12.4 Å². The number of ether oxygens (including phenoxy) is 1. The number of furan rings is 1. The molecule has 1 N–H and O–H groups in total. The zero-order valence-corrected chi connectivity index (χ0v) is 18.2. The number of ketones is 1. The van der Waals surface area contributed by atoms with Crippen LogP contribution in [0.2, 0.25) is 0 Å². The Balaban J connectivity index is 1.70. The molecule has 0 saturated carbocycles. The van der Waals surface area contributed by atoms with Crippen LogP contribution in [0.15, 0.2) is 71.9 Å². The van der Waals surface area contributed by atoms with E-state index in [2.05, 4.69) is 11.9 Å². The summed E-state index contributed by atoms with van der Waals surface area (Å²) in [5.74, 6) is -1.45. The highest BCUT2D eigenvalue weighted by atomic mass is 16.5. The molecule has 3 aromatic rings. The van der Waals surface area contributed by atoms with Crippen LogP contribution in [0.5, 0.6) is 0 Å². The summed E-state index contributed by atoms with van der Waals surface area (Å²) in [6.45, 7) is 7.64. The number of hydrogen-bond donors (Lipinski definition) is 1. The molecule has 1 aromatic carbocycles. The summed E-state index contributed by atoms with van der Waals surface area (Å²) >= 11 is 0. The molecule has 0 saturated heterocycles. The minimum absolute atomic E-state index is 0.0848. The predicted molar refractivity (Wildman–Crippen MR) is 120 cm³/mol. The molecule has 0 bridgehead atoms. The number of amides is 1. The standard InChI is InChI=1S/C25H26N2O5/c1-4-12-27-17(2)14-20(18(27)3)22(28)16-32-25(30)21(15-19-9-6-5-7-10-19)26-24(29)23-11-8-13-31-23/h4-11,13-14,21H,1,12,15-16H2,2-3H3,(H,26,29). The van der Waals surface area contributed by atoms with E-state index in [1.807, 2.05) is 48.7 Å². The highest BCUT2D eigenvalue weighted by Crippen LogP contribution is 2.16. The first-order valence-corrected chi connectivity index (χ1v) is 10.3. The van der Waals surface area contributed by atoms with E-state index in [9.17, 15) is 14.4 Å². The average molecular weight is 434 g/mol. The number of esters is 1. The van der Waals surface area contributed by atoms with Gasteiger partial charge in [-0.3, -0.25) is 9.59 Å². The summed E-state index contributed by atoms with van der Waals surface area (Å²) in [5, 5.41) is 2.64. The Bertz CT molecular complexity index is 1100. The van der Waals surface area contributed by atoms with Crippen LogP contribution < -0.4 is 5.32 Å². The minimum atomic E-state index is -0.976. The van der Waals surface area contributed by atoms with Crippen molar-refractivity contribution in [1.82, 2.24) is 9.88 Å². The highest BCUT2D eigenvalue weighted by Gasteiger charge is 2.26. The molecule has 1 unspecified atom stereocenters. The zero-order valence-electron chi connectivity index (χ0n) is 18.2. The molecule has 0 spiro atoms. The number of benzene rings is 1. The molecule has 2 aromatic heterocycles. The third-order valence-corrected chi connectivity index (χ3v) is 5.15. The van der Waals surface area contributed by atoms with Crippen LogP contribution in [0.25, 0.3) is 0 Å². The lowest BCUT2D eigenvalue weighted by atomic mass is 10.1. The monoisotopic (exact) mass is 434 g/mol. The van der Waals surface area contributed by atoms with E-state index in [1.165, 1.54) is 12.3 Å². The molecular formula is C25H26N2O5. The van der Waals surface area contributed by atoms with Gasteiger partial charge in [-0.05, 0) is 37.6 Å². The van der Waals surface area contributed by atoms with Crippen LogP contribution in [-0.2, 0) is 22.5 Å². The van der Waals surface area contributed by atoms with Gasteiger partial charge in [0.1, 0.15) is 6.04 Å². The maximum Gasteiger partial charge on any atom is 0.329 e. The lowest BCUT2D eigenvalue weighted by molar-refractivity contribution is -0.144. The molecule has 2 heterocycles. The number of carbonyl (C=O) groups is 3. The van der Waals surface area contributed by atoms with Gasteiger partial charge in [-0.25, -0.2) is 4.79 Å². The molecule has 0 fully saturated rings. The number of aromatic nitrogens is 1. The SMILES string of the molecule is C=CCn1c(C)cc(C(=O)COC(=O)C(Cc2ccccc2)NC(=O)c2ccco2)c1C. The molecule has 1 atom stereocenters. The topological polar surface area (TPSA) is 90.5 Å². The van der Waals surface area contributed by atoms with Gasteiger partial charge in [0, 0.05) is 29.9 Å². The molecule has 7 heteroatoms. The van der Waals surface area contributed by atoms with Crippen molar-refractivity contribution in [1.29, 1.82) is 0 Å². The lowest BCUT2D eigenvalue weighted by Crippen LogP contribution is -2.43. The highest BCUT2D eigenvalue weighted by molar-refractivity contribution is 6.00. The van der Waals surface area contributed by atoms with Crippen molar-refractivity contribution in [3.63, 3.8) is 0 Å². The third kappa shape index (κ3) is 5.43. The van der Waals surface area contributed by atoms with Gasteiger partial charge in [0.2, 0.25) is 5.78 Å². The molecule has 32 heavy (non-hydrogen) atoms. The predicted octanol–water partition coefficient (Wildman–Crippen LogP) is 3.65. The summed E-state index contributed by atoms with van der Waals surface area (Å²) < 4.78 is 12.4. The Morgan fingerprint density at radius 1 is 1.16 bits per heavy atom. The molecule has 0 radical (unpaired) electrons. The quantitative estimate of drug-likeness (QED) is 0.299. The van der Waals surface area contributed by atoms with Crippen molar-refractivity contribution in [3.8, 4) is 0 Å². The summed E-state index contributed by atoms with van der Waals surface area (Å²) in [6.07, 6.45) is 3.35. The number of carbonyl (C=O) groups excluding carboxylic acids is 3. The molecule has 0 aliphatic heterocycles. The van der Waals surface area contributed by atoms with Crippen LogP contribution in [0, 0.1) is 13.8 Å². The summed E-state index contributed by atoms with van der Waals surface area (Å²) in [4.78, 5) is 37.9. The fraction of sp³-hybridized carbons (Fsp3) is 0.240. The van der Waals surface area contributed by atoms with Gasteiger partial charge < -0.3 is 19.0 Å². The van der Waals surface area contributed by atoms with Crippen molar-refractivity contribution in [2.45, 2.75) is 32.9 Å². The van der Waals surface area contributed by atoms with E-state index in [4.69, 9.17) is 9.15 Å². The van der Waals surface area contributed by atoms with Gasteiger partial charge in [-0.1, -0.05) is 36.4 Å².